The lowest BCUT2D eigenvalue weighted by Gasteiger charge is -2.10. The maximum atomic E-state index is 12.6. The second-order valence-electron chi connectivity index (χ2n) is 10.6. The molecular formula is C33H38N6O6S2. The summed E-state index contributed by atoms with van der Waals surface area (Å²) in [6.07, 6.45) is 2.58. The summed E-state index contributed by atoms with van der Waals surface area (Å²) in [4.78, 5) is 0.196. The fourth-order valence-corrected chi connectivity index (χ4v) is 6.35. The lowest BCUT2D eigenvalue weighted by molar-refractivity contribution is 0.279. The number of sulfonamides is 2. The molecular weight excluding hydrogens is 641 g/mol. The second-order valence-corrected chi connectivity index (χ2v) is 14.1. The molecule has 4 aromatic rings. The van der Waals surface area contributed by atoms with Gasteiger partial charge in [0.05, 0.1) is 23.0 Å². The fourth-order valence-electron chi connectivity index (χ4n) is 4.32. The van der Waals surface area contributed by atoms with E-state index in [2.05, 4.69) is 9.44 Å². The molecule has 0 radical (unpaired) electrons. The van der Waals surface area contributed by atoms with Crippen molar-refractivity contribution in [3.63, 3.8) is 0 Å². The van der Waals surface area contributed by atoms with E-state index in [1.165, 1.54) is 48.5 Å². The Morgan fingerprint density at radius 2 is 0.872 bits per heavy atom. The minimum atomic E-state index is -3.71. The van der Waals surface area contributed by atoms with Crippen molar-refractivity contribution in [3.8, 4) is 11.5 Å². The minimum absolute atomic E-state index is 0.0979. The van der Waals surface area contributed by atoms with E-state index in [1.54, 1.807) is 48.5 Å². The highest BCUT2D eigenvalue weighted by molar-refractivity contribution is 7.89. The topological polar surface area (TPSA) is 211 Å². The molecule has 12 nitrogen and oxygen atoms in total. The highest BCUT2D eigenvalue weighted by Gasteiger charge is 2.15. The summed E-state index contributed by atoms with van der Waals surface area (Å²) < 4.78 is 67.0. The van der Waals surface area contributed by atoms with Gasteiger partial charge in [0.1, 0.15) is 23.2 Å². The molecule has 0 atom stereocenters. The van der Waals surface area contributed by atoms with Crippen LogP contribution in [0.25, 0.3) is 0 Å². The number of ether oxygens (including phenoxy) is 2. The maximum Gasteiger partial charge on any atom is 0.240 e. The summed E-state index contributed by atoms with van der Waals surface area (Å²) >= 11 is 0. The first-order valence-corrected chi connectivity index (χ1v) is 17.7. The molecule has 0 aliphatic rings. The van der Waals surface area contributed by atoms with Crippen molar-refractivity contribution in [2.45, 2.75) is 42.1 Å². The van der Waals surface area contributed by atoms with E-state index >= 15 is 0 Å². The monoisotopic (exact) mass is 678 g/mol. The van der Waals surface area contributed by atoms with Gasteiger partial charge in [0.2, 0.25) is 20.0 Å². The van der Waals surface area contributed by atoms with E-state index in [-0.39, 0.29) is 34.6 Å². The molecule has 47 heavy (non-hydrogen) atoms. The SMILES string of the molecule is N=C(N)c1ccc(S(=O)(=O)NCc2ccc(OCCCCCOc3ccc(CNS(=O)(=O)c4ccc(C(=N)N)cc4)cc3)cc2)cc1. The van der Waals surface area contributed by atoms with Gasteiger partial charge in [-0.05, 0) is 103 Å². The van der Waals surface area contributed by atoms with Crippen LogP contribution in [0.1, 0.15) is 41.5 Å². The third-order valence-electron chi connectivity index (χ3n) is 7.06. The van der Waals surface area contributed by atoms with E-state index in [1.807, 2.05) is 0 Å². The van der Waals surface area contributed by atoms with Gasteiger partial charge >= 0.3 is 0 Å². The molecule has 4 rings (SSSR count). The van der Waals surface area contributed by atoms with Gasteiger partial charge < -0.3 is 20.9 Å². The van der Waals surface area contributed by atoms with Crippen LogP contribution in [0.2, 0.25) is 0 Å². The molecule has 0 amide bonds. The second kappa shape index (κ2) is 16.2. The van der Waals surface area contributed by atoms with Crippen molar-refractivity contribution in [1.82, 2.24) is 9.44 Å². The Bertz CT molecular complexity index is 1730. The summed E-state index contributed by atoms with van der Waals surface area (Å²) in [6.45, 7) is 1.32. The number of rotatable bonds is 18. The number of nitrogens with two attached hydrogens (primary N) is 2. The summed E-state index contributed by atoms with van der Waals surface area (Å²) in [5.41, 5.74) is 13.3. The Labute approximate surface area is 275 Å². The van der Waals surface area contributed by atoms with Crippen LogP contribution in [0.15, 0.2) is 107 Å². The number of hydrogen-bond acceptors (Lipinski definition) is 8. The van der Waals surface area contributed by atoms with Gasteiger partial charge in [-0.25, -0.2) is 26.3 Å². The molecule has 248 valence electrons. The Kier molecular flexibility index (Phi) is 12.1. The van der Waals surface area contributed by atoms with Crippen LogP contribution in [-0.2, 0) is 33.1 Å². The molecule has 0 saturated heterocycles. The smallest absolute Gasteiger partial charge is 0.240 e. The Balaban J connectivity index is 1.09. The standard InChI is InChI=1S/C33H38N6O6S2/c34-32(35)26-8-16-30(17-9-26)46(40,41)38-22-24-4-12-28(13-5-24)44-20-2-1-3-21-45-29-14-6-25(7-15-29)23-39-47(42,43)31-18-10-27(11-19-31)33(36)37/h4-19,38-39H,1-3,20-23H2,(H3,34,35)(H3,36,37). The van der Waals surface area contributed by atoms with Crippen LogP contribution in [0, 0.1) is 10.8 Å². The first-order valence-electron chi connectivity index (χ1n) is 14.7. The molecule has 0 unspecified atom stereocenters. The summed E-state index contributed by atoms with van der Waals surface area (Å²) in [7, 11) is -7.42. The first-order chi connectivity index (χ1) is 22.4. The summed E-state index contributed by atoms with van der Waals surface area (Å²) in [5, 5.41) is 14.8. The van der Waals surface area contributed by atoms with E-state index in [4.69, 9.17) is 31.8 Å². The number of benzene rings is 4. The van der Waals surface area contributed by atoms with Crippen molar-refractivity contribution >= 4 is 31.7 Å². The van der Waals surface area contributed by atoms with Crippen LogP contribution in [0.4, 0.5) is 0 Å². The Morgan fingerprint density at radius 3 is 1.19 bits per heavy atom. The predicted octanol–water partition coefficient (Wildman–Crippen LogP) is 3.84. The van der Waals surface area contributed by atoms with Crippen LogP contribution >= 0.6 is 0 Å². The van der Waals surface area contributed by atoms with Crippen LogP contribution in [-0.4, -0.2) is 41.7 Å². The minimum Gasteiger partial charge on any atom is -0.494 e. The van der Waals surface area contributed by atoms with Crippen LogP contribution in [0.3, 0.4) is 0 Å². The molecule has 0 fully saturated rings. The van der Waals surface area contributed by atoms with Gasteiger partial charge in [-0.2, -0.15) is 0 Å². The highest BCUT2D eigenvalue weighted by Crippen LogP contribution is 2.17. The average Bonchev–Trinajstić information content (AvgIpc) is 3.07. The molecule has 8 N–H and O–H groups in total. The summed E-state index contributed by atoms with van der Waals surface area (Å²) in [5.74, 6) is 1.14. The zero-order chi connectivity index (χ0) is 33.9. The number of nitrogens with one attached hydrogen (secondary N) is 4. The van der Waals surface area contributed by atoms with Gasteiger partial charge in [0.25, 0.3) is 0 Å². The fraction of sp³-hybridized carbons (Fsp3) is 0.212. The van der Waals surface area contributed by atoms with E-state index < -0.39 is 20.0 Å². The molecule has 0 heterocycles. The average molecular weight is 679 g/mol. The normalized spacial score (nSPS) is 11.6. The van der Waals surface area contributed by atoms with Crippen molar-refractivity contribution < 1.29 is 26.3 Å². The number of nitrogen functional groups attached to an aromatic ring is 2. The first kappa shape index (κ1) is 35.1. The predicted molar refractivity (Wildman–Crippen MR) is 181 cm³/mol. The van der Waals surface area contributed by atoms with Gasteiger partial charge in [0, 0.05) is 24.2 Å². The molecule has 0 aliphatic heterocycles. The number of unbranched alkanes of at least 4 members (excludes halogenated alkanes) is 2. The van der Waals surface area contributed by atoms with Gasteiger partial charge in [-0.1, -0.05) is 24.3 Å². The van der Waals surface area contributed by atoms with E-state index in [0.29, 0.717) is 35.8 Å². The Hall–Kier alpha value is -4.76. The zero-order valence-electron chi connectivity index (χ0n) is 25.6. The lowest BCUT2D eigenvalue weighted by atomic mass is 10.2. The molecule has 0 saturated carbocycles. The Morgan fingerprint density at radius 1 is 0.532 bits per heavy atom. The maximum absolute atomic E-state index is 12.6. The van der Waals surface area contributed by atoms with Crippen molar-refractivity contribution in [1.29, 1.82) is 10.8 Å². The van der Waals surface area contributed by atoms with Crippen LogP contribution < -0.4 is 30.4 Å². The van der Waals surface area contributed by atoms with Gasteiger partial charge in [-0.3, -0.25) is 10.8 Å². The van der Waals surface area contributed by atoms with Crippen molar-refractivity contribution in [3.05, 3.63) is 119 Å². The molecule has 0 aromatic heterocycles. The zero-order valence-corrected chi connectivity index (χ0v) is 27.2. The van der Waals surface area contributed by atoms with Gasteiger partial charge in [-0.15, -0.1) is 0 Å². The van der Waals surface area contributed by atoms with Crippen molar-refractivity contribution in [2.75, 3.05) is 13.2 Å². The highest BCUT2D eigenvalue weighted by atomic mass is 32.2. The quantitative estimate of drug-likeness (QED) is 0.0516. The largest absolute Gasteiger partial charge is 0.494 e. The summed E-state index contributed by atoms with van der Waals surface area (Å²) in [6, 6.07) is 26.1. The van der Waals surface area contributed by atoms with E-state index in [9.17, 15) is 16.8 Å². The van der Waals surface area contributed by atoms with Crippen LogP contribution in [0.5, 0.6) is 11.5 Å². The third kappa shape index (κ3) is 10.6. The van der Waals surface area contributed by atoms with Gasteiger partial charge in [0.15, 0.2) is 0 Å². The molecule has 0 bridgehead atoms. The molecule has 4 aromatic carbocycles. The number of hydrogen-bond donors (Lipinski definition) is 6. The molecule has 0 aliphatic carbocycles. The third-order valence-corrected chi connectivity index (χ3v) is 9.89. The number of amidine groups is 2. The molecule has 14 heteroatoms. The molecule has 0 spiro atoms. The van der Waals surface area contributed by atoms with Crippen molar-refractivity contribution in [2.24, 2.45) is 11.5 Å². The lowest BCUT2D eigenvalue weighted by Crippen LogP contribution is -2.23. The van der Waals surface area contributed by atoms with E-state index in [0.717, 1.165) is 30.4 Å².